The molecule has 0 aliphatic carbocycles. The molecule has 0 aliphatic heterocycles. The molecule has 2 aromatic heterocycles. The largest absolute Gasteiger partial charge is 0.506 e. The lowest BCUT2D eigenvalue weighted by Crippen LogP contribution is -1.99. The molecule has 0 unspecified atom stereocenters. The quantitative estimate of drug-likeness (QED) is 0.534. The van der Waals surface area contributed by atoms with Gasteiger partial charge in [-0.2, -0.15) is 4.52 Å². The van der Waals surface area contributed by atoms with Crippen LogP contribution in [0.5, 0.6) is 5.75 Å². The number of hydrogen-bond acceptors (Lipinski definition) is 6. The van der Waals surface area contributed by atoms with Crippen LogP contribution in [0, 0.1) is 0 Å². The number of benzene rings is 2. The second-order valence-electron chi connectivity index (χ2n) is 5.32. The van der Waals surface area contributed by atoms with Gasteiger partial charge in [-0.3, -0.25) is 0 Å². The molecule has 2 N–H and O–H groups in total. The summed E-state index contributed by atoms with van der Waals surface area (Å²) in [4.78, 5) is 0.685. The Hall–Kier alpha value is -2.35. The highest BCUT2D eigenvalue weighted by Crippen LogP contribution is 2.27. The van der Waals surface area contributed by atoms with E-state index in [0.717, 1.165) is 11.3 Å². The van der Waals surface area contributed by atoms with Gasteiger partial charge >= 0.3 is 0 Å². The van der Waals surface area contributed by atoms with Crippen molar-refractivity contribution in [1.82, 2.24) is 19.8 Å². The highest BCUT2D eigenvalue weighted by atomic mass is 35.5. The molecule has 2 aromatic carbocycles. The third-order valence-electron chi connectivity index (χ3n) is 3.51. The Labute approximate surface area is 156 Å². The van der Waals surface area contributed by atoms with E-state index in [2.05, 4.69) is 20.6 Å². The number of aromatic hydroxyl groups is 1. The molecule has 0 saturated heterocycles. The lowest BCUT2D eigenvalue weighted by Gasteiger charge is -2.02. The second kappa shape index (κ2) is 6.51. The van der Waals surface area contributed by atoms with Gasteiger partial charge in [0.2, 0.25) is 10.1 Å². The van der Waals surface area contributed by atoms with Crippen LogP contribution in [0.4, 0.5) is 10.8 Å². The number of fused-ring (bicyclic) bond motifs is 1. The summed E-state index contributed by atoms with van der Waals surface area (Å²) >= 11 is 13.3. The van der Waals surface area contributed by atoms with E-state index in [9.17, 15) is 5.11 Å². The van der Waals surface area contributed by atoms with Crippen LogP contribution >= 0.6 is 34.5 Å². The van der Waals surface area contributed by atoms with Gasteiger partial charge in [-0.05, 0) is 35.9 Å². The summed E-state index contributed by atoms with van der Waals surface area (Å²) in [6.45, 7) is 0. The molecule has 0 atom stereocenters. The number of nitrogens with zero attached hydrogens (tertiary/aromatic N) is 4. The predicted octanol–water partition coefficient (Wildman–Crippen LogP) is 4.53. The van der Waals surface area contributed by atoms with Gasteiger partial charge in [-0.1, -0.05) is 46.7 Å². The summed E-state index contributed by atoms with van der Waals surface area (Å²) in [5.41, 5.74) is 1.76. The fourth-order valence-corrected chi connectivity index (χ4v) is 3.52. The Kier molecular flexibility index (Phi) is 4.20. The number of phenolic OH excluding ortho intramolecular Hbond substituents is 1. The van der Waals surface area contributed by atoms with Crippen molar-refractivity contribution < 1.29 is 5.11 Å². The standard InChI is InChI=1S/C16H11Cl2N5OS/c17-10-2-1-3-11(8-10)19-15-22-23-14(20-21-16(23)25-15)7-9-4-5-13(24)12(18)6-9/h1-6,8,24H,7H2,(H,19,22). The van der Waals surface area contributed by atoms with Crippen LogP contribution in [0.2, 0.25) is 10.0 Å². The first-order valence-corrected chi connectivity index (χ1v) is 8.87. The zero-order valence-electron chi connectivity index (χ0n) is 12.6. The van der Waals surface area contributed by atoms with Crippen LogP contribution in [-0.2, 0) is 6.42 Å². The van der Waals surface area contributed by atoms with Gasteiger partial charge in [-0.25, -0.2) is 0 Å². The van der Waals surface area contributed by atoms with Gasteiger partial charge in [0.05, 0.1) is 5.02 Å². The molecule has 0 saturated carbocycles. The smallest absolute Gasteiger partial charge is 0.236 e. The Morgan fingerprint density at radius 1 is 1.12 bits per heavy atom. The lowest BCUT2D eigenvalue weighted by atomic mass is 10.1. The maximum Gasteiger partial charge on any atom is 0.236 e. The fraction of sp³-hybridized carbons (Fsp3) is 0.0625. The monoisotopic (exact) mass is 391 g/mol. The van der Waals surface area contributed by atoms with Crippen molar-refractivity contribution in [3.05, 3.63) is 63.9 Å². The van der Waals surface area contributed by atoms with Gasteiger partial charge in [0.25, 0.3) is 0 Å². The van der Waals surface area contributed by atoms with Gasteiger partial charge < -0.3 is 10.4 Å². The number of halogens is 2. The molecule has 0 bridgehead atoms. The van der Waals surface area contributed by atoms with E-state index in [1.807, 2.05) is 24.3 Å². The summed E-state index contributed by atoms with van der Waals surface area (Å²) in [5, 5.41) is 27.2. The van der Waals surface area contributed by atoms with Crippen LogP contribution in [0.15, 0.2) is 42.5 Å². The second-order valence-corrected chi connectivity index (χ2v) is 7.12. The van der Waals surface area contributed by atoms with E-state index in [1.54, 1.807) is 22.7 Å². The molecule has 0 spiro atoms. The van der Waals surface area contributed by atoms with Crippen LogP contribution < -0.4 is 5.32 Å². The van der Waals surface area contributed by atoms with Gasteiger partial charge in [-0.15, -0.1) is 15.3 Å². The van der Waals surface area contributed by atoms with Crippen LogP contribution in [0.1, 0.15) is 11.4 Å². The zero-order chi connectivity index (χ0) is 17.4. The Bertz CT molecular complexity index is 1060. The zero-order valence-corrected chi connectivity index (χ0v) is 15.0. The summed E-state index contributed by atoms with van der Waals surface area (Å²) in [7, 11) is 0. The topological polar surface area (TPSA) is 75.3 Å². The van der Waals surface area contributed by atoms with Crippen LogP contribution in [0.25, 0.3) is 4.96 Å². The highest BCUT2D eigenvalue weighted by Gasteiger charge is 2.13. The number of rotatable bonds is 4. The van der Waals surface area contributed by atoms with E-state index in [1.165, 1.54) is 11.3 Å². The maximum absolute atomic E-state index is 9.51. The molecular weight excluding hydrogens is 381 g/mol. The van der Waals surface area contributed by atoms with Crippen molar-refractivity contribution in [1.29, 1.82) is 0 Å². The first-order valence-electron chi connectivity index (χ1n) is 7.29. The Balaban J connectivity index is 1.60. The Morgan fingerprint density at radius 3 is 2.80 bits per heavy atom. The molecule has 25 heavy (non-hydrogen) atoms. The maximum atomic E-state index is 9.51. The van der Waals surface area contributed by atoms with E-state index in [-0.39, 0.29) is 5.75 Å². The minimum Gasteiger partial charge on any atom is -0.506 e. The van der Waals surface area contributed by atoms with Crippen molar-refractivity contribution >= 4 is 50.3 Å². The van der Waals surface area contributed by atoms with Crippen molar-refractivity contribution in [3.63, 3.8) is 0 Å². The number of aromatic nitrogens is 4. The fourth-order valence-electron chi connectivity index (χ4n) is 2.35. The average Bonchev–Trinajstić information content (AvgIpc) is 3.12. The molecular formula is C16H11Cl2N5OS. The molecule has 2 heterocycles. The van der Waals surface area contributed by atoms with Gasteiger partial charge in [0.1, 0.15) is 5.75 Å². The lowest BCUT2D eigenvalue weighted by molar-refractivity contribution is 0.475. The normalized spacial score (nSPS) is 11.1. The number of nitrogens with one attached hydrogen (secondary N) is 1. The number of phenols is 1. The summed E-state index contributed by atoms with van der Waals surface area (Å²) in [6.07, 6.45) is 0.501. The third kappa shape index (κ3) is 3.39. The van der Waals surface area contributed by atoms with Crippen molar-refractivity contribution in [2.75, 3.05) is 5.32 Å². The molecule has 0 aliphatic rings. The average molecular weight is 392 g/mol. The first-order chi connectivity index (χ1) is 12.1. The molecule has 6 nitrogen and oxygen atoms in total. The third-order valence-corrected chi connectivity index (χ3v) is 4.86. The molecule has 9 heteroatoms. The SMILES string of the molecule is Oc1ccc(Cc2nnc3sc(Nc4cccc(Cl)c4)nn23)cc1Cl. The molecule has 4 aromatic rings. The van der Waals surface area contributed by atoms with E-state index in [0.29, 0.717) is 32.4 Å². The summed E-state index contributed by atoms with van der Waals surface area (Å²) < 4.78 is 1.69. The van der Waals surface area contributed by atoms with Crippen LogP contribution in [-0.4, -0.2) is 24.9 Å². The molecule has 0 amide bonds. The minimum atomic E-state index is 0.0541. The Morgan fingerprint density at radius 2 is 2.00 bits per heavy atom. The van der Waals surface area contributed by atoms with E-state index >= 15 is 0 Å². The molecule has 4 rings (SSSR count). The summed E-state index contributed by atoms with van der Waals surface area (Å²) in [6, 6.07) is 12.5. The van der Waals surface area contributed by atoms with Crippen molar-refractivity contribution in [3.8, 4) is 5.75 Å². The van der Waals surface area contributed by atoms with Crippen molar-refractivity contribution in [2.24, 2.45) is 0 Å². The van der Waals surface area contributed by atoms with Crippen LogP contribution in [0.3, 0.4) is 0 Å². The minimum absolute atomic E-state index is 0.0541. The summed E-state index contributed by atoms with van der Waals surface area (Å²) in [5.74, 6) is 0.741. The molecule has 0 radical (unpaired) electrons. The predicted molar refractivity (Wildman–Crippen MR) is 99.3 cm³/mol. The van der Waals surface area contributed by atoms with E-state index < -0.39 is 0 Å². The van der Waals surface area contributed by atoms with Gasteiger partial charge in [0.15, 0.2) is 5.82 Å². The highest BCUT2D eigenvalue weighted by molar-refractivity contribution is 7.20. The number of anilines is 2. The van der Waals surface area contributed by atoms with E-state index in [4.69, 9.17) is 23.2 Å². The van der Waals surface area contributed by atoms with Gasteiger partial charge in [0, 0.05) is 17.1 Å². The van der Waals surface area contributed by atoms with Crippen molar-refractivity contribution in [2.45, 2.75) is 6.42 Å². The first kappa shape index (κ1) is 16.1. The molecule has 0 fully saturated rings. The molecule has 126 valence electrons. The number of hydrogen-bond donors (Lipinski definition) is 2.